The van der Waals surface area contributed by atoms with Crippen LogP contribution in [0.5, 0.6) is 0 Å². The zero-order chi connectivity index (χ0) is 19.7. The number of hydrazone groups is 1. The van der Waals surface area contributed by atoms with E-state index in [9.17, 15) is 4.79 Å². The molecule has 0 saturated carbocycles. The molecule has 1 rings (SSSR count). The molecule has 2 unspecified atom stereocenters. The number of amides is 2. The minimum absolute atomic E-state index is 0.0394. The van der Waals surface area contributed by atoms with E-state index in [1.165, 1.54) is 0 Å². The first-order valence-corrected chi connectivity index (χ1v) is 10.3. The number of allylic oxidation sites excluding steroid dienone is 1. The third-order valence-corrected chi connectivity index (χ3v) is 5.30. The Kier molecular flexibility index (Phi) is 9.11. The second-order valence-corrected chi connectivity index (χ2v) is 7.95. The fourth-order valence-corrected chi connectivity index (χ4v) is 3.81. The van der Waals surface area contributed by atoms with Crippen LogP contribution in [0.25, 0.3) is 0 Å². The minimum atomic E-state index is -0.431. The number of hydrogen-bond acceptors (Lipinski definition) is 2. The van der Waals surface area contributed by atoms with Crippen LogP contribution in [0.3, 0.4) is 0 Å². The summed E-state index contributed by atoms with van der Waals surface area (Å²) in [6.07, 6.45) is 10.3. The average Bonchev–Trinajstić information content (AvgIpc) is 2.87. The molecule has 4 nitrogen and oxygen atoms in total. The summed E-state index contributed by atoms with van der Waals surface area (Å²) in [6, 6.07) is 0.136. The summed E-state index contributed by atoms with van der Waals surface area (Å²) in [7, 11) is 0. The Morgan fingerprint density at radius 1 is 1.23 bits per heavy atom. The van der Waals surface area contributed by atoms with E-state index in [-0.39, 0.29) is 18.0 Å². The maximum atomic E-state index is 13.0. The minimum Gasteiger partial charge on any atom is -0.334 e. The molecule has 26 heavy (non-hydrogen) atoms. The lowest BCUT2D eigenvalue weighted by atomic mass is 9.78. The molecular weight excluding hydrogens is 322 g/mol. The van der Waals surface area contributed by atoms with Crippen molar-refractivity contribution < 1.29 is 4.79 Å². The van der Waals surface area contributed by atoms with E-state index in [0.29, 0.717) is 0 Å². The molecule has 0 saturated heterocycles. The second-order valence-electron chi connectivity index (χ2n) is 7.95. The molecule has 0 aromatic rings. The quantitative estimate of drug-likeness (QED) is 0.447. The molecule has 1 N–H and O–H groups in total. The van der Waals surface area contributed by atoms with Gasteiger partial charge in [-0.15, -0.1) is 0 Å². The summed E-state index contributed by atoms with van der Waals surface area (Å²) in [4.78, 5) is 13.0. The van der Waals surface area contributed by atoms with Crippen molar-refractivity contribution in [2.24, 2.45) is 11.0 Å². The van der Waals surface area contributed by atoms with Gasteiger partial charge >= 0.3 is 6.03 Å². The molecule has 2 amide bonds. The van der Waals surface area contributed by atoms with Gasteiger partial charge in [-0.1, -0.05) is 65.7 Å². The van der Waals surface area contributed by atoms with E-state index in [0.717, 1.165) is 62.7 Å². The highest BCUT2D eigenvalue weighted by molar-refractivity contribution is 5.95. The molecular formula is C22H39N3O. The first-order chi connectivity index (χ1) is 12.3. The Bertz CT molecular complexity index is 521. The summed E-state index contributed by atoms with van der Waals surface area (Å²) in [6.45, 7) is 18.7. The van der Waals surface area contributed by atoms with Crippen LogP contribution in [0.2, 0.25) is 0 Å². The van der Waals surface area contributed by atoms with Crippen molar-refractivity contribution in [1.82, 2.24) is 10.3 Å². The van der Waals surface area contributed by atoms with Crippen LogP contribution in [-0.4, -0.2) is 28.3 Å². The Balaban J connectivity index is 3.00. The van der Waals surface area contributed by atoms with Gasteiger partial charge in [-0.2, -0.15) is 5.10 Å². The zero-order valence-electron chi connectivity index (χ0n) is 17.6. The summed E-state index contributed by atoms with van der Waals surface area (Å²) in [5.41, 5.74) is 1.56. The van der Waals surface area contributed by atoms with E-state index >= 15 is 0 Å². The van der Waals surface area contributed by atoms with Crippen LogP contribution in [0.15, 0.2) is 29.9 Å². The first kappa shape index (κ1) is 22.5. The van der Waals surface area contributed by atoms with Crippen LogP contribution in [0.1, 0.15) is 86.0 Å². The Labute approximate surface area is 160 Å². The molecule has 0 spiro atoms. The molecule has 0 aliphatic carbocycles. The van der Waals surface area contributed by atoms with Gasteiger partial charge in [0.2, 0.25) is 0 Å². The highest BCUT2D eigenvalue weighted by Gasteiger charge is 2.47. The molecule has 1 aliphatic rings. The van der Waals surface area contributed by atoms with Crippen LogP contribution >= 0.6 is 0 Å². The molecule has 0 aromatic carbocycles. The number of hydrogen-bond donors (Lipinski definition) is 1. The van der Waals surface area contributed by atoms with E-state index in [4.69, 9.17) is 5.10 Å². The number of unbranched alkanes of at least 4 members (excludes halogenated alkanes) is 2. The number of carbonyl (C=O) groups is 1. The van der Waals surface area contributed by atoms with E-state index in [1.807, 2.05) is 0 Å². The number of rotatable bonds is 11. The third-order valence-electron chi connectivity index (χ3n) is 5.30. The lowest BCUT2D eigenvalue weighted by molar-refractivity contribution is 0.136. The van der Waals surface area contributed by atoms with Gasteiger partial charge in [0.05, 0.1) is 5.54 Å². The Hall–Kier alpha value is -1.58. The third kappa shape index (κ3) is 5.46. The van der Waals surface area contributed by atoms with E-state index in [2.05, 4.69) is 53.1 Å². The van der Waals surface area contributed by atoms with Crippen molar-refractivity contribution in [2.75, 3.05) is 0 Å². The number of nitrogens with zero attached hydrogens (tertiary/aromatic N) is 2. The van der Waals surface area contributed by atoms with Gasteiger partial charge in [-0.3, -0.25) is 0 Å². The standard InChI is InChI=1S/C22H39N3O/c1-8-12-15-18(14-10-3)23-21(26)25-22(6,7)20(17(5)11-4)19(24-25)16-13-9-2/h11,18,20H,4-5,8-10,12-16H2,1-3,6-7H3,(H,23,26). The fraction of sp³-hybridized carbons (Fsp3) is 0.727. The summed E-state index contributed by atoms with van der Waals surface area (Å²) >= 11 is 0. The topological polar surface area (TPSA) is 44.7 Å². The first-order valence-electron chi connectivity index (χ1n) is 10.3. The molecule has 4 heteroatoms. The van der Waals surface area contributed by atoms with Gasteiger partial charge in [0.25, 0.3) is 0 Å². The largest absolute Gasteiger partial charge is 0.338 e. The van der Waals surface area contributed by atoms with Gasteiger partial charge in [-0.05, 0) is 45.1 Å². The van der Waals surface area contributed by atoms with Crippen LogP contribution < -0.4 is 5.32 Å². The lowest BCUT2D eigenvalue weighted by Crippen LogP contribution is -2.52. The van der Waals surface area contributed by atoms with E-state index in [1.54, 1.807) is 11.1 Å². The van der Waals surface area contributed by atoms with Gasteiger partial charge in [0, 0.05) is 17.7 Å². The molecule has 148 valence electrons. The second kappa shape index (κ2) is 10.5. The normalized spacial score (nSPS) is 19.8. The van der Waals surface area contributed by atoms with E-state index < -0.39 is 5.54 Å². The van der Waals surface area contributed by atoms with Crippen LogP contribution in [-0.2, 0) is 0 Å². The molecule has 1 aliphatic heterocycles. The molecule has 0 aromatic heterocycles. The van der Waals surface area contributed by atoms with Crippen molar-refractivity contribution in [1.29, 1.82) is 0 Å². The van der Waals surface area contributed by atoms with Gasteiger partial charge in [0.15, 0.2) is 0 Å². The summed E-state index contributed by atoms with van der Waals surface area (Å²) < 4.78 is 0. The predicted molar refractivity (Wildman–Crippen MR) is 112 cm³/mol. The van der Waals surface area contributed by atoms with Crippen LogP contribution in [0.4, 0.5) is 4.79 Å². The van der Waals surface area contributed by atoms with Crippen molar-refractivity contribution in [3.05, 3.63) is 24.8 Å². The highest BCUT2D eigenvalue weighted by atomic mass is 16.2. The summed E-state index contributed by atoms with van der Waals surface area (Å²) in [5, 5.41) is 9.64. The van der Waals surface area contributed by atoms with Crippen molar-refractivity contribution in [2.45, 2.75) is 97.6 Å². The van der Waals surface area contributed by atoms with Gasteiger partial charge in [0.1, 0.15) is 0 Å². The van der Waals surface area contributed by atoms with Crippen LogP contribution in [0, 0.1) is 5.92 Å². The molecule has 0 fully saturated rings. The smallest absolute Gasteiger partial charge is 0.334 e. The molecule has 2 atom stereocenters. The van der Waals surface area contributed by atoms with Gasteiger partial charge in [-0.25, -0.2) is 9.80 Å². The number of nitrogens with one attached hydrogen (secondary N) is 1. The monoisotopic (exact) mass is 361 g/mol. The highest BCUT2D eigenvalue weighted by Crippen LogP contribution is 2.38. The van der Waals surface area contributed by atoms with Crippen molar-refractivity contribution >= 4 is 11.7 Å². The summed E-state index contributed by atoms with van der Waals surface area (Å²) in [5.74, 6) is 0.0394. The molecule has 0 radical (unpaired) electrons. The average molecular weight is 362 g/mol. The van der Waals surface area contributed by atoms with Crippen molar-refractivity contribution in [3.63, 3.8) is 0 Å². The van der Waals surface area contributed by atoms with Gasteiger partial charge < -0.3 is 5.32 Å². The molecule has 0 bridgehead atoms. The number of urea groups is 1. The maximum Gasteiger partial charge on any atom is 0.338 e. The molecule has 1 heterocycles. The Morgan fingerprint density at radius 3 is 2.42 bits per heavy atom. The zero-order valence-corrected chi connectivity index (χ0v) is 17.6. The maximum absolute atomic E-state index is 13.0. The predicted octanol–water partition coefficient (Wildman–Crippen LogP) is 6.05. The Morgan fingerprint density at radius 2 is 1.88 bits per heavy atom. The fourth-order valence-electron chi connectivity index (χ4n) is 3.81. The lowest BCUT2D eigenvalue weighted by Gasteiger charge is -2.35. The SMILES string of the molecule is C=CC(=C)C1C(CCCC)=NN(C(=O)NC(CCC)CCCC)C1(C)C. The van der Waals surface area contributed by atoms with Crippen molar-refractivity contribution in [3.8, 4) is 0 Å². The number of carbonyl (C=O) groups excluding carboxylic acids is 1.